The van der Waals surface area contributed by atoms with Crippen LogP contribution in [0.4, 0.5) is 0 Å². The molecule has 2 aromatic carbocycles. The zero-order valence-corrected chi connectivity index (χ0v) is 16.7. The fourth-order valence-corrected chi connectivity index (χ4v) is 4.02. The minimum absolute atomic E-state index is 0.0899. The summed E-state index contributed by atoms with van der Waals surface area (Å²) in [7, 11) is -0.684. The third-order valence-electron chi connectivity index (χ3n) is 4.80. The molecule has 3 rings (SSSR count). The fraction of sp³-hybridized carbons (Fsp3) is 0.300. The molecular formula is C20H23N3O4S. The summed E-state index contributed by atoms with van der Waals surface area (Å²) < 4.78 is 25.2. The van der Waals surface area contributed by atoms with E-state index in [9.17, 15) is 18.0 Å². The van der Waals surface area contributed by atoms with Crippen LogP contribution >= 0.6 is 0 Å². The highest BCUT2D eigenvalue weighted by atomic mass is 32.2. The molecular weight excluding hydrogens is 378 g/mol. The van der Waals surface area contributed by atoms with Crippen molar-refractivity contribution in [2.24, 2.45) is 0 Å². The van der Waals surface area contributed by atoms with Crippen molar-refractivity contribution in [2.75, 3.05) is 14.1 Å². The van der Waals surface area contributed by atoms with Gasteiger partial charge in [0.2, 0.25) is 10.0 Å². The summed E-state index contributed by atoms with van der Waals surface area (Å²) in [6.07, 6.45) is 4.29. The molecule has 2 amide bonds. The summed E-state index contributed by atoms with van der Waals surface area (Å²) in [4.78, 5) is 24.6. The molecule has 0 saturated heterocycles. The molecule has 2 N–H and O–H groups in total. The number of sulfonamides is 1. The first-order valence-electron chi connectivity index (χ1n) is 9.04. The highest BCUT2D eigenvalue weighted by Crippen LogP contribution is 2.22. The van der Waals surface area contributed by atoms with Gasteiger partial charge >= 0.3 is 0 Å². The van der Waals surface area contributed by atoms with Crippen LogP contribution < -0.4 is 10.9 Å². The lowest BCUT2D eigenvalue weighted by molar-refractivity contribution is 0.0846. The number of rotatable bonds is 4. The molecule has 0 bridgehead atoms. The Morgan fingerprint density at radius 1 is 0.821 bits per heavy atom. The Morgan fingerprint density at radius 2 is 1.36 bits per heavy atom. The third kappa shape index (κ3) is 4.23. The molecule has 28 heavy (non-hydrogen) atoms. The number of carbonyl (C=O) groups is 2. The van der Waals surface area contributed by atoms with Gasteiger partial charge < -0.3 is 0 Å². The first-order chi connectivity index (χ1) is 13.3. The maximum absolute atomic E-state index is 12.3. The second kappa shape index (κ2) is 8.12. The number of carbonyl (C=O) groups excluding carboxylic acids is 2. The summed E-state index contributed by atoms with van der Waals surface area (Å²) in [5, 5.41) is 0. The minimum Gasteiger partial charge on any atom is -0.267 e. The van der Waals surface area contributed by atoms with E-state index in [2.05, 4.69) is 10.9 Å². The van der Waals surface area contributed by atoms with Gasteiger partial charge in [-0.2, -0.15) is 0 Å². The molecule has 0 aliphatic heterocycles. The number of fused-ring (bicyclic) bond motifs is 1. The van der Waals surface area contributed by atoms with Crippen molar-refractivity contribution >= 4 is 21.8 Å². The van der Waals surface area contributed by atoms with E-state index in [1.807, 2.05) is 12.1 Å². The van der Waals surface area contributed by atoms with Gasteiger partial charge in [0.05, 0.1) is 4.90 Å². The molecule has 7 nitrogen and oxygen atoms in total. The van der Waals surface area contributed by atoms with Crippen molar-refractivity contribution < 1.29 is 18.0 Å². The molecule has 1 aliphatic rings. The predicted molar refractivity (Wildman–Crippen MR) is 105 cm³/mol. The van der Waals surface area contributed by atoms with Gasteiger partial charge in [-0.25, -0.2) is 12.7 Å². The zero-order valence-electron chi connectivity index (χ0n) is 15.9. The van der Waals surface area contributed by atoms with Crippen LogP contribution in [0.3, 0.4) is 0 Å². The lowest BCUT2D eigenvalue weighted by Crippen LogP contribution is -2.41. The lowest BCUT2D eigenvalue weighted by Gasteiger charge is -2.16. The molecule has 0 spiro atoms. The van der Waals surface area contributed by atoms with E-state index in [4.69, 9.17) is 0 Å². The molecule has 8 heteroatoms. The van der Waals surface area contributed by atoms with Crippen molar-refractivity contribution in [3.8, 4) is 0 Å². The Morgan fingerprint density at radius 3 is 1.96 bits per heavy atom. The van der Waals surface area contributed by atoms with Crippen LogP contribution in [0.15, 0.2) is 47.4 Å². The van der Waals surface area contributed by atoms with E-state index < -0.39 is 21.8 Å². The van der Waals surface area contributed by atoms with Gasteiger partial charge in [-0.05, 0) is 73.2 Å². The molecule has 0 radical (unpaired) electrons. The quantitative estimate of drug-likeness (QED) is 0.765. The van der Waals surface area contributed by atoms with Crippen LogP contribution in [0.1, 0.15) is 44.7 Å². The van der Waals surface area contributed by atoms with Gasteiger partial charge in [0.1, 0.15) is 0 Å². The van der Waals surface area contributed by atoms with Crippen LogP contribution in [0.25, 0.3) is 0 Å². The predicted octanol–water partition coefficient (Wildman–Crippen LogP) is 1.89. The SMILES string of the molecule is CN(C)S(=O)(=O)c1ccc(C(=O)NNC(=O)c2ccc3c(c2)CCCC3)cc1. The van der Waals surface area contributed by atoms with E-state index >= 15 is 0 Å². The molecule has 0 unspecified atom stereocenters. The molecule has 0 heterocycles. The van der Waals surface area contributed by atoms with Crippen molar-refractivity contribution in [3.05, 3.63) is 64.7 Å². The number of nitrogens with zero attached hydrogens (tertiary/aromatic N) is 1. The maximum atomic E-state index is 12.3. The number of nitrogens with one attached hydrogen (secondary N) is 2. The fourth-order valence-electron chi connectivity index (χ4n) is 3.12. The van der Waals surface area contributed by atoms with E-state index in [0.29, 0.717) is 5.56 Å². The lowest BCUT2D eigenvalue weighted by atomic mass is 9.90. The standard InChI is InChI=1S/C20H23N3O4S/c1-23(2)28(26,27)18-11-9-15(10-12-18)19(24)21-22-20(25)17-8-7-14-5-3-4-6-16(14)13-17/h7-13H,3-6H2,1-2H3,(H,21,24)(H,22,25). The minimum atomic E-state index is -3.56. The van der Waals surface area contributed by atoms with E-state index in [1.165, 1.54) is 55.9 Å². The Balaban J connectivity index is 1.63. The third-order valence-corrected chi connectivity index (χ3v) is 6.62. The first kappa shape index (κ1) is 20.0. The van der Waals surface area contributed by atoms with Crippen molar-refractivity contribution in [3.63, 3.8) is 0 Å². The molecule has 0 aromatic heterocycles. The largest absolute Gasteiger partial charge is 0.269 e. The van der Waals surface area contributed by atoms with Gasteiger partial charge in [0, 0.05) is 25.2 Å². The number of aryl methyl sites for hydroxylation is 2. The van der Waals surface area contributed by atoms with Crippen molar-refractivity contribution in [1.82, 2.24) is 15.2 Å². The normalized spacial score (nSPS) is 13.7. The van der Waals surface area contributed by atoms with Gasteiger partial charge in [-0.3, -0.25) is 20.4 Å². The molecule has 2 aromatic rings. The van der Waals surface area contributed by atoms with E-state index in [1.54, 1.807) is 6.07 Å². The van der Waals surface area contributed by atoms with Gasteiger partial charge in [0.15, 0.2) is 0 Å². The van der Waals surface area contributed by atoms with Gasteiger partial charge in [-0.1, -0.05) is 6.07 Å². The Hall–Kier alpha value is -2.71. The summed E-state index contributed by atoms with van der Waals surface area (Å²) in [5.74, 6) is -0.923. The van der Waals surface area contributed by atoms with Crippen molar-refractivity contribution in [1.29, 1.82) is 0 Å². The maximum Gasteiger partial charge on any atom is 0.269 e. The number of hydrogen-bond acceptors (Lipinski definition) is 4. The molecule has 0 fully saturated rings. The molecule has 148 valence electrons. The first-order valence-corrected chi connectivity index (χ1v) is 10.5. The smallest absolute Gasteiger partial charge is 0.267 e. The Bertz CT molecular complexity index is 999. The summed E-state index contributed by atoms with van der Waals surface area (Å²) in [6, 6.07) is 11.1. The van der Waals surface area contributed by atoms with Gasteiger partial charge in [-0.15, -0.1) is 0 Å². The van der Waals surface area contributed by atoms with Crippen LogP contribution in [0.2, 0.25) is 0 Å². The molecule has 1 aliphatic carbocycles. The van der Waals surface area contributed by atoms with Crippen LogP contribution in [-0.2, 0) is 22.9 Å². The van der Waals surface area contributed by atoms with Crippen LogP contribution in [-0.4, -0.2) is 38.6 Å². The van der Waals surface area contributed by atoms with Crippen LogP contribution in [0, 0.1) is 0 Å². The summed E-state index contributed by atoms with van der Waals surface area (Å²) in [6.45, 7) is 0. The number of benzene rings is 2. The Labute approximate surface area is 164 Å². The number of hydrogen-bond donors (Lipinski definition) is 2. The number of amides is 2. The zero-order chi connectivity index (χ0) is 20.3. The highest BCUT2D eigenvalue weighted by Gasteiger charge is 2.18. The summed E-state index contributed by atoms with van der Waals surface area (Å²) >= 11 is 0. The highest BCUT2D eigenvalue weighted by molar-refractivity contribution is 7.89. The second-order valence-electron chi connectivity index (χ2n) is 6.91. The average molecular weight is 401 g/mol. The summed E-state index contributed by atoms with van der Waals surface area (Å²) in [5.41, 5.74) is 7.96. The van der Waals surface area contributed by atoms with Crippen molar-refractivity contribution in [2.45, 2.75) is 30.6 Å². The second-order valence-corrected chi connectivity index (χ2v) is 9.06. The topological polar surface area (TPSA) is 95.6 Å². The number of hydrazine groups is 1. The molecule has 0 atom stereocenters. The van der Waals surface area contributed by atoms with Gasteiger partial charge in [0.25, 0.3) is 11.8 Å². The van der Waals surface area contributed by atoms with Crippen LogP contribution in [0.5, 0.6) is 0 Å². The Kier molecular flexibility index (Phi) is 5.81. The average Bonchev–Trinajstić information content (AvgIpc) is 2.71. The molecule has 0 saturated carbocycles. The monoisotopic (exact) mass is 401 g/mol. The van der Waals surface area contributed by atoms with E-state index in [0.717, 1.165) is 23.6 Å². The van der Waals surface area contributed by atoms with E-state index in [-0.39, 0.29) is 10.5 Å².